The number of nitrogens with zero attached hydrogens (tertiary/aromatic N) is 1. The molecule has 0 aliphatic rings. The van der Waals surface area contributed by atoms with Gasteiger partial charge in [-0.1, -0.05) is 36.4 Å². The standard InChI is InChI=1S/C21H29N3O2/c1-3-22-21(23-14-8-11-17-9-6-5-7-10-17)24-16-18-12-13-19(25)20(15-18)26-4-2/h5-7,9-10,12-13,15,25H,3-4,8,11,14,16H2,1-2H3,(H2,22,23,24). The van der Waals surface area contributed by atoms with Crippen molar-refractivity contribution in [2.24, 2.45) is 4.99 Å². The molecule has 0 unspecified atom stereocenters. The molecule has 5 heteroatoms. The van der Waals surface area contributed by atoms with E-state index in [0.29, 0.717) is 18.9 Å². The molecule has 0 aromatic heterocycles. The van der Waals surface area contributed by atoms with Gasteiger partial charge < -0.3 is 20.5 Å². The Balaban J connectivity index is 1.86. The van der Waals surface area contributed by atoms with Gasteiger partial charge in [-0.05, 0) is 49.9 Å². The van der Waals surface area contributed by atoms with Crippen LogP contribution in [-0.4, -0.2) is 30.8 Å². The fraction of sp³-hybridized carbons (Fsp3) is 0.381. The minimum Gasteiger partial charge on any atom is -0.504 e. The highest BCUT2D eigenvalue weighted by molar-refractivity contribution is 5.79. The molecule has 0 fully saturated rings. The number of ether oxygens (including phenoxy) is 1. The summed E-state index contributed by atoms with van der Waals surface area (Å²) in [4.78, 5) is 4.62. The molecule has 2 aromatic carbocycles. The quantitative estimate of drug-likeness (QED) is 0.366. The highest BCUT2D eigenvalue weighted by atomic mass is 16.5. The Labute approximate surface area is 156 Å². The zero-order chi connectivity index (χ0) is 18.6. The maximum Gasteiger partial charge on any atom is 0.191 e. The Hall–Kier alpha value is -2.69. The van der Waals surface area contributed by atoms with Crippen LogP contribution in [0.1, 0.15) is 31.4 Å². The molecule has 5 nitrogen and oxygen atoms in total. The van der Waals surface area contributed by atoms with Crippen LogP contribution in [0.2, 0.25) is 0 Å². The molecule has 0 aliphatic heterocycles. The van der Waals surface area contributed by atoms with Gasteiger partial charge in [0.1, 0.15) is 0 Å². The van der Waals surface area contributed by atoms with Gasteiger partial charge in [-0.15, -0.1) is 0 Å². The van der Waals surface area contributed by atoms with Crippen LogP contribution in [0.25, 0.3) is 0 Å². The van der Waals surface area contributed by atoms with E-state index in [-0.39, 0.29) is 5.75 Å². The molecule has 0 heterocycles. The monoisotopic (exact) mass is 355 g/mol. The third-order valence-corrected chi connectivity index (χ3v) is 3.87. The SMILES string of the molecule is CCNC(=NCc1ccc(O)c(OCC)c1)NCCCc1ccccc1. The minimum absolute atomic E-state index is 0.158. The Bertz CT molecular complexity index is 687. The summed E-state index contributed by atoms with van der Waals surface area (Å²) in [6.07, 6.45) is 2.09. The first kappa shape index (κ1) is 19.6. The minimum atomic E-state index is 0.158. The second-order valence-corrected chi connectivity index (χ2v) is 5.95. The van der Waals surface area contributed by atoms with Crippen LogP contribution in [0.4, 0.5) is 0 Å². The predicted molar refractivity (Wildman–Crippen MR) is 107 cm³/mol. The van der Waals surface area contributed by atoms with Gasteiger partial charge in [0.25, 0.3) is 0 Å². The van der Waals surface area contributed by atoms with Crippen molar-refractivity contribution in [3.63, 3.8) is 0 Å². The number of hydrogen-bond donors (Lipinski definition) is 3. The smallest absolute Gasteiger partial charge is 0.191 e. The number of rotatable bonds is 9. The number of phenolic OH excluding ortho intramolecular Hbond substituents is 1. The molecule has 0 radical (unpaired) electrons. The van der Waals surface area contributed by atoms with E-state index in [4.69, 9.17) is 4.74 Å². The lowest BCUT2D eigenvalue weighted by molar-refractivity contribution is 0.318. The number of aromatic hydroxyl groups is 1. The normalized spacial score (nSPS) is 11.2. The van der Waals surface area contributed by atoms with Crippen LogP contribution in [0, 0.1) is 0 Å². The lowest BCUT2D eigenvalue weighted by atomic mass is 10.1. The Kier molecular flexibility index (Phi) is 8.33. The Morgan fingerprint density at radius 2 is 1.85 bits per heavy atom. The van der Waals surface area contributed by atoms with E-state index in [1.54, 1.807) is 6.07 Å². The van der Waals surface area contributed by atoms with E-state index in [1.165, 1.54) is 5.56 Å². The van der Waals surface area contributed by atoms with E-state index in [9.17, 15) is 5.11 Å². The van der Waals surface area contributed by atoms with Crippen LogP contribution >= 0.6 is 0 Å². The van der Waals surface area contributed by atoms with Gasteiger partial charge >= 0.3 is 0 Å². The number of aryl methyl sites for hydroxylation is 1. The average Bonchev–Trinajstić information content (AvgIpc) is 2.66. The van der Waals surface area contributed by atoms with Crippen molar-refractivity contribution >= 4 is 5.96 Å². The van der Waals surface area contributed by atoms with Crippen LogP contribution in [-0.2, 0) is 13.0 Å². The molecule has 0 spiro atoms. The van der Waals surface area contributed by atoms with Crippen molar-refractivity contribution in [2.45, 2.75) is 33.2 Å². The summed E-state index contributed by atoms with van der Waals surface area (Å²) < 4.78 is 5.42. The molecule has 3 N–H and O–H groups in total. The zero-order valence-corrected chi connectivity index (χ0v) is 15.7. The predicted octanol–water partition coefficient (Wildman–Crippen LogP) is 3.48. The summed E-state index contributed by atoms with van der Waals surface area (Å²) in [5.41, 5.74) is 2.34. The van der Waals surface area contributed by atoms with Gasteiger partial charge in [-0.3, -0.25) is 0 Å². The molecule has 0 saturated carbocycles. The van der Waals surface area contributed by atoms with Gasteiger partial charge in [-0.2, -0.15) is 0 Å². The summed E-state index contributed by atoms with van der Waals surface area (Å²) >= 11 is 0. The summed E-state index contributed by atoms with van der Waals surface area (Å²) in [6, 6.07) is 15.8. The van der Waals surface area contributed by atoms with Gasteiger partial charge in [0.2, 0.25) is 0 Å². The highest BCUT2D eigenvalue weighted by Gasteiger charge is 2.04. The third-order valence-electron chi connectivity index (χ3n) is 3.87. The zero-order valence-electron chi connectivity index (χ0n) is 15.7. The first-order valence-electron chi connectivity index (χ1n) is 9.23. The van der Waals surface area contributed by atoms with Crippen LogP contribution in [0.5, 0.6) is 11.5 Å². The molecule has 0 aliphatic carbocycles. The summed E-state index contributed by atoms with van der Waals surface area (Å²) in [6.45, 7) is 6.66. The molecular weight excluding hydrogens is 326 g/mol. The fourth-order valence-corrected chi connectivity index (χ4v) is 2.58. The summed E-state index contributed by atoms with van der Waals surface area (Å²) in [5.74, 6) is 1.46. The van der Waals surface area contributed by atoms with Gasteiger partial charge in [0.15, 0.2) is 17.5 Å². The Morgan fingerprint density at radius 3 is 2.58 bits per heavy atom. The number of aliphatic imine (C=N–C) groups is 1. The highest BCUT2D eigenvalue weighted by Crippen LogP contribution is 2.27. The first-order chi connectivity index (χ1) is 12.7. The second-order valence-electron chi connectivity index (χ2n) is 5.95. The lowest BCUT2D eigenvalue weighted by Gasteiger charge is -2.12. The number of phenols is 1. The lowest BCUT2D eigenvalue weighted by Crippen LogP contribution is -2.37. The summed E-state index contributed by atoms with van der Waals surface area (Å²) in [5, 5.41) is 16.4. The topological polar surface area (TPSA) is 65.9 Å². The molecule has 140 valence electrons. The molecule has 0 atom stereocenters. The molecule has 0 amide bonds. The number of guanidine groups is 1. The third kappa shape index (κ3) is 6.67. The summed E-state index contributed by atoms with van der Waals surface area (Å²) in [7, 11) is 0. The van der Waals surface area contributed by atoms with Crippen molar-refractivity contribution in [2.75, 3.05) is 19.7 Å². The van der Waals surface area contributed by atoms with Gasteiger partial charge in [0, 0.05) is 13.1 Å². The average molecular weight is 355 g/mol. The van der Waals surface area contributed by atoms with Crippen molar-refractivity contribution in [1.82, 2.24) is 10.6 Å². The van der Waals surface area contributed by atoms with E-state index in [1.807, 2.05) is 25.1 Å². The molecule has 0 saturated heterocycles. The second kappa shape index (κ2) is 11.0. The van der Waals surface area contributed by atoms with Crippen molar-refractivity contribution in [3.05, 3.63) is 59.7 Å². The van der Waals surface area contributed by atoms with Gasteiger partial charge in [-0.25, -0.2) is 4.99 Å². The van der Waals surface area contributed by atoms with Crippen LogP contribution in [0.3, 0.4) is 0 Å². The maximum absolute atomic E-state index is 9.78. The van der Waals surface area contributed by atoms with Crippen molar-refractivity contribution in [1.29, 1.82) is 0 Å². The fourth-order valence-electron chi connectivity index (χ4n) is 2.58. The molecule has 26 heavy (non-hydrogen) atoms. The molecular formula is C21H29N3O2. The maximum atomic E-state index is 9.78. The number of nitrogens with one attached hydrogen (secondary N) is 2. The molecule has 2 rings (SSSR count). The number of hydrogen-bond acceptors (Lipinski definition) is 3. The number of benzene rings is 2. The first-order valence-corrected chi connectivity index (χ1v) is 9.23. The Morgan fingerprint density at radius 1 is 1.04 bits per heavy atom. The van der Waals surface area contributed by atoms with E-state index in [0.717, 1.165) is 37.5 Å². The molecule has 2 aromatic rings. The van der Waals surface area contributed by atoms with Crippen LogP contribution in [0.15, 0.2) is 53.5 Å². The van der Waals surface area contributed by atoms with E-state index in [2.05, 4.69) is 46.8 Å². The van der Waals surface area contributed by atoms with Gasteiger partial charge in [0.05, 0.1) is 13.2 Å². The van der Waals surface area contributed by atoms with Crippen molar-refractivity contribution < 1.29 is 9.84 Å². The largest absolute Gasteiger partial charge is 0.504 e. The van der Waals surface area contributed by atoms with E-state index >= 15 is 0 Å². The van der Waals surface area contributed by atoms with Crippen LogP contribution < -0.4 is 15.4 Å². The van der Waals surface area contributed by atoms with E-state index < -0.39 is 0 Å². The van der Waals surface area contributed by atoms with Crippen molar-refractivity contribution in [3.8, 4) is 11.5 Å². The molecule has 0 bridgehead atoms.